The molecule has 1 N–H and O–H groups in total. The molecule has 3 aromatic rings. The molecule has 3 rings (SSSR count). The molecule has 0 aliphatic carbocycles. The van der Waals surface area contributed by atoms with E-state index in [0.717, 1.165) is 5.69 Å². The first kappa shape index (κ1) is 18.8. The molecule has 0 fully saturated rings. The van der Waals surface area contributed by atoms with Gasteiger partial charge in [-0.2, -0.15) is 4.68 Å². The van der Waals surface area contributed by atoms with Crippen LogP contribution in [0.2, 0.25) is 0 Å². The fourth-order valence-corrected chi connectivity index (χ4v) is 3.54. The van der Waals surface area contributed by atoms with E-state index in [1.54, 1.807) is 25.5 Å². The lowest BCUT2D eigenvalue weighted by atomic mass is 10.1. The van der Waals surface area contributed by atoms with Crippen molar-refractivity contribution in [2.45, 2.75) is 25.9 Å². The van der Waals surface area contributed by atoms with E-state index in [2.05, 4.69) is 20.5 Å². The number of nitrogens with one attached hydrogen (secondary N) is 1. The number of aromatic amines is 1. The van der Waals surface area contributed by atoms with Crippen LogP contribution in [0.25, 0.3) is 5.69 Å². The normalized spacial score (nSPS) is 10.8. The predicted octanol–water partition coefficient (Wildman–Crippen LogP) is 2.76. The van der Waals surface area contributed by atoms with Crippen molar-refractivity contribution in [1.29, 1.82) is 0 Å². The molecule has 0 saturated carbocycles. The number of aromatic nitrogens is 5. The molecule has 27 heavy (non-hydrogen) atoms. The zero-order valence-electron chi connectivity index (χ0n) is 15.2. The Morgan fingerprint density at radius 3 is 2.67 bits per heavy atom. The molecule has 0 unspecified atom stereocenters. The lowest BCUT2D eigenvalue weighted by Gasteiger charge is -2.05. The number of nitrogens with zero attached hydrogens (tertiary/aromatic N) is 4. The van der Waals surface area contributed by atoms with Gasteiger partial charge in [-0.1, -0.05) is 30.0 Å². The van der Waals surface area contributed by atoms with Crippen LogP contribution in [0.4, 0.5) is 0 Å². The number of rotatable bonds is 7. The van der Waals surface area contributed by atoms with Gasteiger partial charge in [-0.25, -0.2) is 4.79 Å². The largest absolute Gasteiger partial charge is 0.461 e. The van der Waals surface area contributed by atoms with E-state index >= 15 is 0 Å². The summed E-state index contributed by atoms with van der Waals surface area (Å²) in [6, 6.07) is 9.45. The standard InChI is InChI=1S/C18H19N5O3S/c1-4-26-17(25)16-11(2)15(12(3)19-16)14(24)10-27-18-20-21-22-23(18)13-8-6-5-7-9-13/h5-9,19H,4,10H2,1-3H3. The first-order chi connectivity index (χ1) is 13.0. The smallest absolute Gasteiger partial charge is 0.355 e. The second-order valence-electron chi connectivity index (χ2n) is 5.77. The summed E-state index contributed by atoms with van der Waals surface area (Å²) in [5.41, 5.74) is 2.88. The summed E-state index contributed by atoms with van der Waals surface area (Å²) in [7, 11) is 0. The molecule has 0 radical (unpaired) electrons. The van der Waals surface area contributed by atoms with Gasteiger partial charge < -0.3 is 9.72 Å². The molecule has 2 aromatic heterocycles. The van der Waals surface area contributed by atoms with Crippen molar-refractivity contribution >= 4 is 23.5 Å². The van der Waals surface area contributed by atoms with Crippen LogP contribution in [0.1, 0.15) is 39.0 Å². The average molecular weight is 385 g/mol. The van der Waals surface area contributed by atoms with Crippen LogP contribution in [-0.4, -0.2) is 49.3 Å². The van der Waals surface area contributed by atoms with Gasteiger partial charge in [0.2, 0.25) is 5.16 Å². The van der Waals surface area contributed by atoms with Gasteiger partial charge in [-0.05, 0) is 48.9 Å². The number of H-pyrrole nitrogens is 1. The predicted molar refractivity (Wildman–Crippen MR) is 100 cm³/mol. The molecular weight excluding hydrogens is 366 g/mol. The average Bonchev–Trinajstić information content (AvgIpc) is 3.25. The highest BCUT2D eigenvalue weighted by atomic mass is 32.2. The maximum Gasteiger partial charge on any atom is 0.355 e. The number of aryl methyl sites for hydroxylation is 1. The van der Waals surface area contributed by atoms with Gasteiger partial charge in [0.15, 0.2) is 5.78 Å². The number of hydrogen-bond acceptors (Lipinski definition) is 7. The SMILES string of the molecule is CCOC(=O)c1[nH]c(C)c(C(=O)CSc2nnnn2-c2ccccc2)c1C. The van der Waals surface area contributed by atoms with Gasteiger partial charge in [0, 0.05) is 11.3 Å². The third-order valence-electron chi connectivity index (χ3n) is 3.97. The minimum absolute atomic E-state index is 0.107. The molecule has 0 amide bonds. The summed E-state index contributed by atoms with van der Waals surface area (Å²) >= 11 is 1.24. The van der Waals surface area contributed by atoms with E-state index in [1.165, 1.54) is 11.8 Å². The van der Waals surface area contributed by atoms with Crippen LogP contribution in [0.15, 0.2) is 35.5 Å². The molecule has 1 aromatic carbocycles. The molecule has 0 atom stereocenters. The lowest BCUT2D eigenvalue weighted by molar-refractivity contribution is 0.0519. The van der Waals surface area contributed by atoms with Crippen LogP contribution < -0.4 is 0 Å². The lowest BCUT2D eigenvalue weighted by Crippen LogP contribution is -2.09. The van der Waals surface area contributed by atoms with Gasteiger partial charge in [0.1, 0.15) is 5.69 Å². The van der Waals surface area contributed by atoms with Crippen molar-refractivity contribution in [2.75, 3.05) is 12.4 Å². The van der Waals surface area contributed by atoms with Gasteiger partial charge >= 0.3 is 5.97 Å². The molecular formula is C18H19N5O3S. The number of carbonyl (C=O) groups is 2. The van der Waals surface area contributed by atoms with Crippen LogP contribution in [0, 0.1) is 13.8 Å². The summed E-state index contributed by atoms with van der Waals surface area (Å²) in [5, 5.41) is 12.2. The van der Waals surface area contributed by atoms with E-state index in [1.807, 2.05) is 30.3 Å². The van der Waals surface area contributed by atoms with Crippen molar-refractivity contribution in [3.05, 3.63) is 52.8 Å². The maximum atomic E-state index is 12.8. The van der Waals surface area contributed by atoms with E-state index in [4.69, 9.17) is 4.74 Å². The fourth-order valence-electron chi connectivity index (χ4n) is 2.78. The summed E-state index contributed by atoms with van der Waals surface area (Å²) in [6.07, 6.45) is 0. The molecule has 2 heterocycles. The number of esters is 1. The van der Waals surface area contributed by atoms with E-state index in [9.17, 15) is 9.59 Å². The Balaban J connectivity index is 1.76. The van der Waals surface area contributed by atoms with Crippen molar-refractivity contribution in [3.8, 4) is 5.69 Å². The number of ether oxygens (including phenoxy) is 1. The van der Waals surface area contributed by atoms with Crippen LogP contribution in [0.3, 0.4) is 0 Å². The zero-order valence-corrected chi connectivity index (χ0v) is 16.0. The van der Waals surface area contributed by atoms with Gasteiger partial charge in [-0.15, -0.1) is 5.10 Å². The zero-order chi connectivity index (χ0) is 19.4. The van der Waals surface area contributed by atoms with Crippen LogP contribution >= 0.6 is 11.8 Å². The topological polar surface area (TPSA) is 103 Å². The molecule has 0 aliphatic heterocycles. The second kappa shape index (κ2) is 8.17. The molecule has 0 saturated heterocycles. The number of Topliss-reactive ketones (excluding diaryl/α,β-unsaturated/α-hetero) is 1. The van der Waals surface area contributed by atoms with Crippen molar-refractivity contribution in [1.82, 2.24) is 25.2 Å². The van der Waals surface area contributed by atoms with E-state index in [0.29, 0.717) is 27.7 Å². The minimum atomic E-state index is -0.460. The Morgan fingerprint density at radius 2 is 1.96 bits per heavy atom. The fraction of sp³-hybridized carbons (Fsp3) is 0.278. The summed E-state index contributed by atoms with van der Waals surface area (Å²) in [6.45, 7) is 5.52. The van der Waals surface area contributed by atoms with Crippen molar-refractivity contribution in [2.24, 2.45) is 0 Å². The summed E-state index contributed by atoms with van der Waals surface area (Å²) in [5.74, 6) is -0.420. The third-order valence-corrected chi connectivity index (χ3v) is 4.89. The van der Waals surface area contributed by atoms with Crippen LogP contribution in [-0.2, 0) is 4.74 Å². The minimum Gasteiger partial charge on any atom is -0.461 e. The number of tetrazole rings is 1. The first-order valence-corrected chi connectivity index (χ1v) is 9.37. The molecule has 0 aliphatic rings. The number of ketones is 1. The second-order valence-corrected chi connectivity index (χ2v) is 6.71. The van der Waals surface area contributed by atoms with Gasteiger partial charge in [-0.3, -0.25) is 4.79 Å². The van der Waals surface area contributed by atoms with Crippen molar-refractivity contribution < 1.29 is 14.3 Å². The molecule has 140 valence electrons. The van der Waals surface area contributed by atoms with E-state index in [-0.39, 0.29) is 18.1 Å². The Kier molecular flexibility index (Phi) is 5.70. The number of thioether (sulfide) groups is 1. The molecule has 0 spiro atoms. The number of benzene rings is 1. The Morgan fingerprint density at radius 1 is 1.22 bits per heavy atom. The Labute approximate surface area is 160 Å². The van der Waals surface area contributed by atoms with Crippen molar-refractivity contribution in [3.63, 3.8) is 0 Å². The highest BCUT2D eigenvalue weighted by molar-refractivity contribution is 7.99. The number of para-hydroxylation sites is 1. The number of carbonyl (C=O) groups excluding carboxylic acids is 2. The highest BCUT2D eigenvalue weighted by Gasteiger charge is 2.23. The molecule has 9 heteroatoms. The van der Waals surface area contributed by atoms with Crippen LogP contribution in [0.5, 0.6) is 0 Å². The monoisotopic (exact) mass is 385 g/mol. The molecule has 0 bridgehead atoms. The van der Waals surface area contributed by atoms with Gasteiger partial charge in [0.05, 0.1) is 18.0 Å². The maximum absolute atomic E-state index is 12.8. The quantitative estimate of drug-likeness (QED) is 0.379. The number of hydrogen-bond donors (Lipinski definition) is 1. The highest BCUT2D eigenvalue weighted by Crippen LogP contribution is 2.24. The molecule has 8 nitrogen and oxygen atoms in total. The Hall–Kier alpha value is -2.94. The first-order valence-electron chi connectivity index (χ1n) is 8.39. The Bertz CT molecular complexity index is 965. The summed E-state index contributed by atoms with van der Waals surface area (Å²) < 4.78 is 6.61. The summed E-state index contributed by atoms with van der Waals surface area (Å²) in [4.78, 5) is 27.7. The third kappa shape index (κ3) is 3.92. The van der Waals surface area contributed by atoms with E-state index < -0.39 is 5.97 Å². The van der Waals surface area contributed by atoms with Gasteiger partial charge in [0.25, 0.3) is 0 Å².